The largest absolute Gasteiger partial charge is 0.393 e. The number of carbonyl (C=O) groups excluding carboxylic acids is 2. The molecule has 0 spiro atoms. The monoisotopic (exact) mass is 369 g/mol. The van der Waals surface area contributed by atoms with E-state index in [9.17, 15) is 24.8 Å². The van der Waals surface area contributed by atoms with Gasteiger partial charge in [0.2, 0.25) is 5.91 Å². The van der Waals surface area contributed by atoms with Crippen molar-refractivity contribution in [2.45, 2.75) is 31.8 Å². The topological polar surface area (TPSA) is 122 Å². The van der Waals surface area contributed by atoms with Gasteiger partial charge in [0.25, 0.3) is 11.6 Å². The van der Waals surface area contributed by atoms with Crippen LogP contribution in [-0.4, -0.2) is 41.0 Å². The van der Waals surface area contributed by atoms with Crippen molar-refractivity contribution < 1.29 is 19.6 Å². The predicted molar refractivity (Wildman–Crippen MR) is 91.4 cm³/mol. The Hall–Kier alpha value is -2.19. The Bertz CT molecular complexity index is 667. The Balaban J connectivity index is 1.85. The lowest BCUT2D eigenvalue weighted by Gasteiger charge is -2.25. The molecule has 1 aliphatic carbocycles. The normalized spacial score (nSPS) is 19.9. The highest BCUT2D eigenvalue weighted by Gasteiger charge is 2.24. The first-order chi connectivity index (χ1) is 11.9. The molecule has 8 nitrogen and oxygen atoms in total. The van der Waals surface area contributed by atoms with Crippen molar-refractivity contribution in [2.24, 2.45) is 5.92 Å². The lowest BCUT2D eigenvalue weighted by atomic mass is 9.87. The third-order valence-corrected chi connectivity index (χ3v) is 4.48. The standard InChI is InChI=1S/C16H20ClN3O5/c17-12-5-2-6-13(20(24)25)15(12)16(23)19-9-14(22)18-8-10-3-1-4-11(21)7-10/h2,5-6,10-11,21H,1,3-4,7-9H2,(H,18,22)(H,19,23)/t10-,11-/m0/s1. The van der Waals surface area contributed by atoms with Crippen LogP contribution in [-0.2, 0) is 4.79 Å². The molecule has 9 heteroatoms. The van der Waals surface area contributed by atoms with Crippen LogP contribution in [0.5, 0.6) is 0 Å². The number of hydrogen-bond donors (Lipinski definition) is 3. The van der Waals surface area contributed by atoms with Gasteiger partial charge in [-0.25, -0.2) is 0 Å². The Kier molecular flexibility index (Phi) is 6.72. The third-order valence-electron chi connectivity index (χ3n) is 4.17. The molecule has 0 aliphatic heterocycles. The summed E-state index contributed by atoms with van der Waals surface area (Å²) in [7, 11) is 0. The summed E-state index contributed by atoms with van der Waals surface area (Å²) in [6.45, 7) is 0.120. The average molecular weight is 370 g/mol. The van der Waals surface area contributed by atoms with Crippen molar-refractivity contribution in [2.75, 3.05) is 13.1 Å². The average Bonchev–Trinajstić information content (AvgIpc) is 2.57. The van der Waals surface area contributed by atoms with Gasteiger partial charge in [-0.05, 0) is 31.2 Å². The maximum Gasteiger partial charge on any atom is 0.283 e. The minimum Gasteiger partial charge on any atom is -0.393 e. The Labute approximate surface area is 149 Å². The minimum absolute atomic E-state index is 0.0525. The van der Waals surface area contributed by atoms with Crippen molar-refractivity contribution in [1.82, 2.24) is 10.6 Å². The van der Waals surface area contributed by atoms with Crippen LogP contribution in [0.15, 0.2) is 18.2 Å². The van der Waals surface area contributed by atoms with Crippen LogP contribution in [0.3, 0.4) is 0 Å². The molecule has 2 rings (SSSR count). The van der Waals surface area contributed by atoms with Crippen LogP contribution in [0.1, 0.15) is 36.0 Å². The molecule has 1 aromatic rings. The fourth-order valence-electron chi connectivity index (χ4n) is 2.91. The molecule has 0 heterocycles. The molecule has 0 bridgehead atoms. The predicted octanol–water partition coefficient (Wildman–Crippen LogP) is 1.65. The van der Waals surface area contributed by atoms with E-state index in [2.05, 4.69) is 10.6 Å². The second kappa shape index (κ2) is 8.77. The van der Waals surface area contributed by atoms with Gasteiger partial charge in [-0.15, -0.1) is 0 Å². The van der Waals surface area contributed by atoms with Gasteiger partial charge < -0.3 is 15.7 Å². The molecule has 1 aliphatic rings. The van der Waals surface area contributed by atoms with Gasteiger partial charge in [0.1, 0.15) is 5.56 Å². The molecule has 2 atom stereocenters. The zero-order chi connectivity index (χ0) is 18.4. The quantitative estimate of drug-likeness (QED) is 0.520. The van der Waals surface area contributed by atoms with Gasteiger partial charge in [0.15, 0.2) is 0 Å². The van der Waals surface area contributed by atoms with Crippen LogP contribution < -0.4 is 10.6 Å². The summed E-state index contributed by atoms with van der Waals surface area (Å²) in [5, 5.41) is 25.6. The fourth-order valence-corrected chi connectivity index (χ4v) is 3.16. The molecule has 3 N–H and O–H groups in total. The highest BCUT2D eigenvalue weighted by molar-refractivity contribution is 6.34. The van der Waals surface area contributed by atoms with Crippen LogP contribution in [0, 0.1) is 16.0 Å². The van der Waals surface area contributed by atoms with E-state index in [0.29, 0.717) is 13.0 Å². The zero-order valence-corrected chi connectivity index (χ0v) is 14.3. The van der Waals surface area contributed by atoms with Gasteiger partial charge in [-0.1, -0.05) is 24.1 Å². The Morgan fingerprint density at radius 1 is 1.32 bits per heavy atom. The molecule has 136 valence electrons. The molecule has 1 saturated carbocycles. The maximum absolute atomic E-state index is 12.1. The number of nitro groups is 1. The summed E-state index contributed by atoms with van der Waals surface area (Å²) in [6.07, 6.45) is 2.98. The summed E-state index contributed by atoms with van der Waals surface area (Å²) in [6, 6.07) is 3.93. The molecule has 1 aromatic carbocycles. The number of halogens is 1. The summed E-state index contributed by atoms with van der Waals surface area (Å²) in [5.41, 5.74) is -0.682. The molecule has 0 saturated heterocycles. The molecule has 0 unspecified atom stereocenters. The van der Waals surface area contributed by atoms with E-state index in [1.807, 2.05) is 0 Å². The van der Waals surface area contributed by atoms with Crippen molar-refractivity contribution >= 4 is 29.1 Å². The number of amides is 2. The molecule has 25 heavy (non-hydrogen) atoms. The van der Waals surface area contributed by atoms with E-state index in [-0.39, 0.29) is 29.2 Å². The van der Waals surface area contributed by atoms with Crippen LogP contribution >= 0.6 is 11.6 Å². The maximum atomic E-state index is 12.1. The Morgan fingerprint density at radius 3 is 2.76 bits per heavy atom. The summed E-state index contributed by atoms with van der Waals surface area (Å²) in [4.78, 5) is 34.3. The summed E-state index contributed by atoms with van der Waals surface area (Å²) < 4.78 is 0. The third kappa shape index (κ3) is 5.40. The summed E-state index contributed by atoms with van der Waals surface area (Å²) >= 11 is 5.87. The Morgan fingerprint density at radius 2 is 2.08 bits per heavy atom. The second-order valence-electron chi connectivity index (χ2n) is 6.06. The van der Waals surface area contributed by atoms with Crippen molar-refractivity contribution in [3.63, 3.8) is 0 Å². The number of hydrogen-bond acceptors (Lipinski definition) is 5. The number of carbonyl (C=O) groups is 2. The zero-order valence-electron chi connectivity index (χ0n) is 13.5. The molecule has 0 aromatic heterocycles. The molecular formula is C16H20ClN3O5. The van der Waals surface area contributed by atoms with E-state index in [4.69, 9.17) is 11.6 Å². The molecule has 0 radical (unpaired) electrons. The molecule has 2 amide bonds. The smallest absolute Gasteiger partial charge is 0.283 e. The van der Waals surface area contributed by atoms with Gasteiger partial charge >= 0.3 is 0 Å². The van der Waals surface area contributed by atoms with Crippen LogP contribution in [0.4, 0.5) is 5.69 Å². The molecule has 1 fully saturated rings. The second-order valence-corrected chi connectivity index (χ2v) is 6.47. The first kappa shape index (κ1) is 19.1. The van der Waals surface area contributed by atoms with Gasteiger partial charge in [0.05, 0.1) is 22.6 Å². The van der Waals surface area contributed by atoms with Gasteiger partial charge in [0, 0.05) is 12.6 Å². The number of benzene rings is 1. The lowest BCUT2D eigenvalue weighted by Crippen LogP contribution is -2.40. The van der Waals surface area contributed by atoms with Gasteiger partial charge in [-0.2, -0.15) is 0 Å². The number of nitrogens with one attached hydrogen (secondary N) is 2. The number of rotatable bonds is 6. The molecular weight excluding hydrogens is 350 g/mol. The van der Waals surface area contributed by atoms with Crippen LogP contribution in [0.2, 0.25) is 5.02 Å². The minimum atomic E-state index is -0.777. The number of aliphatic hydroxyl groups is 1. The van der Waals surface area contributed by atoms with E-state index in [1.165, 1.54) is 18.2 Å². The SMILES string of the molecule is O=C(CNC(=O)c1c(Cl)cccc1[N+](=O)[O-])NC[C@H]1CCC[C@H](O)C1. The summed E-state index contributed by atoms with van der Waals surface area (Å²) in [5.74, 6) is -0.961. The highest BCUT2D eigenvalue weighted by Crippen LogP contribution is 2.26. The number of nitro benzene ring substituents is 1. The first-order valence-electron chi connectivity index (χ1n) is 8.04. The fraction of sp³-hybridized carbons (Fsp3) is 0.500. The van der Waals surface area contributed by atoms with Crippen LogP contribution in [0.25, 0.3) is 0 Å². The van der Waals surface area contributed by atoms with Crippen molar-refractivity contribution in [3.8, 4) is 0 Å². The lowest BCUT2D eigenvalue weighted by molar-refractivity contribution is -0.385. The van der Waals surface area contributed by atoms with Crippen molar-refractivity contribution in [3.05, 3.63) is 38.9 Å². The van der Waals surface area contributed by atoms with Gasteiger partial charge in [-0.3, -0.25) is 19.7 Å². The van der Waals surface area contributed by atoms with E-state index < -0.39 is 22.4 Å². The number of aliphatic hydroxyl groups excluding tert-OH is 1. The van der Waals surface area contributed by atoms with E-state index in [1.54, 1.807) is 0 Å². The number of nitrogens with zero attached hydrogens (tertiary/aromatic N) is 1. The van der Waals surface area contributed by atoms with Crippen molar-refractivity contribution in [1.29, 1.82) is 0 Å². The highest BCUT2D eigenvalue weighted by atomic mass is 35.5. The van der Waals surface area contributed by atoms with E-state index >= 15 is 0 Å². The van der Waals surface area contributed by atoms with E-state index in [0.717, 1.165) is 19.3 Å². The first-order valence-corrected chi connectivity index (χ1v) is 8.42.